The number of nitrogens with zero attached hydrogens (tertiary/aromatic N) is 3. The van der Waals surface area contributed by atoms with Gasteiger partial charge in [-0.2, -0.15) is 5.10 Å². The summed E-state index contributed by atoms with van der Waals surface area (Å²) in [5.74, 6) is 1.02. The van der Waals surface area contributed by atoms with Gasteiger partial charge in [0, 0.05) is 24.7 Å². The Morgan fingerprint density at radius 1 is 1.32 bits per heavy atom. The zero-order valence-corrected chi connectivity index (χ0v) is 12.2. The van der Waals surface area contributed by atoms with E-state index in [4.69, 9.17) is 5.73 Å². The van der Waals surface area contributed by atoms with Crippen LogP contribution in [0, 0.1) is 6.92 Å². The molecule has 0 aliphatic carbocycles. The normalized spacial score (nSPS) is 27.2. The summed E-state index contributed by atoms with van der Waals surface area (Å²) in [5, 5.41) is 8.24. The zero-order valence-electron chi connectivity index (χ0n) is 12.2. The van der Waals surface area contributed by atoms with E-state index >= 15 is 0 Å². The van der Waals surface area contributed by atoms with Gasteiger partial charge in [-0.25, -0.2) is 4.68 Å². The molecule has 19 heavy (non-hydrogen) atoms. The number of anilines is 2. The van der Waals surface area contributed by atoms with Gasteiger partial charge in [0.2, 0.25) is 0 Å². The Bertz CT molecular complexity index is 465. The Labute approximate surface area is 115 Å². The van der Waals surface area contributed by atoms with Crippen molar-refractivity contribution in [3.63, 3.8) is 0 Å². The van der Waals surface area contributed by atoms with Crippen LogP contribution in [0.15, 0.2) is 0 Å². The summed E-state index contributed by atoms with van der Waals surface area (Å²) in [6.45, 7) is 8.76. The summed E-state index contributed by atoms with van der Waals surface area (Å²) >= 11 is 0. The molecule has 3 heterocycles. The summed E-state index contributed by atoms with van der Waals surface area (Å²) in [6, 6.07) is 1.55. The molecular formula is C14H25N5. The molecule has 0 spiro atoms. The Morgan fingerprint density at radius 2 is 2.11 bits per heavy atom. The topological polar surface area (TPSA) is 59.1 Å². The van der Waals surface area contributed by atoms with Gasteiger partial charge in [0.15, 0.2) is 0 Å². The maximum Gasteiger partial charge on any atom is 0.148 e. The zero-order chi connectivity index (χ0) is 13.6. The molecule has 5 heteroatoms. The van der Waals surface area contributed by atoms with Crippen molar-refractivity contribution in [2.75, 3.05) is 24.1 Å². The third kappa shape index (κ3) is 2.10. The van der Waals surface area contributed by atoms with Crippen LogP contribution in [0.1, 0.15) is 44.8 Å². The van der Waals surface area contributed by atoms with Gasteiger partial charge >= 0.3 is 0 Å². The summed E-state index contributed by atoms with van der Waals surface area (Å²) in [7, 11) is 0. The highest BCUT2D eigenvalue weighted by Gasteiger charge is 2.37. The highest BCUT2D eigenvalue weighted by atomic mass is 15.4. The first-order chi connectivity index (χ1) is 9.08. The SMILES string of the molecule is Cc1nn(C(C)C)c(NC2CCN3CCCC23)c1N. The number of rotatable bonds is 3. The van der Waals surface area contributed by atoms with Gasteiger partial charge in [0.25, 0.3) is 0 Å². The fourth-order valence-corrected chi connectivity index (χ4v) is 3.50. The van der Waals surface area contributed by atoms with Crippen molar-refractivity contribution in [1.82, 2.24) is 14.7 Å². The fraction of sp³-hybridized carbons (Fsp3) is 0.786. The van der Waals surface area contributed by atoms with Crippen molar-refractivity contribution in [3.05, 3.63) is 5.69 Å². The molecule has 0 amide bonds. The van der Waals surface area contributed by atoms with E-state index in [1.165, 1.54) is 32.4 Å². The number of hydrogen-bond donors (Lipinski definition) is 2. The van der Waals surface area contributed by atoms with Crippen LogP contribution in [0.2, 0.25) is 0 Å². The number of nitrogens with one attached hydrogen (secondary N) is 1. The van der Waals surface area contributed by atoms with Crippen LogP contribution in [-0.2, 0) is 0 Å². The van der Waals surface area contributed by atoms with Crippen LogP contribution in [-0.4, -0.2) is 39.9 Å². The van der Waals surface area contributed by atoms with E-state index in [9.17, 15) is 0 Å². The van der Waals surface area contributed by atoms with Crippen molar-refractivity contribution >= 4 is 11.5 Å². The molecule has 5 nitrogen and oxygen atoms in total. The van der Waals surface area contributed by atoms with Gasteiger partial charge in [-0.1, -0.05) is 0 Å². The number of nitrogen functional groups attached to an aromatic ring is 1. The number of fused-ring (bicyclic) bond motifs is 1. The van der Waals surface area contributed by atoms with Gasteiger partial charge in [0.05, 0.1) is 11.4 Å². The number of aryl methyl sites for hydroxylation is 1. The van der Waals surface area contributed by atoms with Crippen LogP contribution in [0.25, 0.3) is 0 Å². The standard InChI is InChI=1S/C14H25N5/c1-9(2)19-14(13(15)10(3)17-19)16-11-6-8-18-7-4-5-12(11)18/h9,11-12,16H,4-8,15H2,1-3H3. The van der Waals surface area contributed by atoms with Crippen molar-refractivity contribution < 1.29 is 0 Å². The van der Waals surface area contributed by atoms with Gasteiger partial charge in [-0.05, 0) is 46.6 Å². The first-order valence-electron chi connectivity index (χ1n) is 7.43. The molecule has 0 bridgehead atoms. The second kappa shape index (κ2) is 4.71. The quantitative estimate of drug-likeness (QED) is 0.876. The Balaban J connectivity index is 1.83. The lowest BCUT2D eigenvalue weighted by Gasteiger charge is -2.23. The third-order valence-corrected chi connectivity index (χ3v) is 4.55. The lowest BCUT2D eigenvalue weighted by molar-refractivity contribution is 0.318. The average Bonchev–Trinajstić information content (AvgIpc) is 3.01. The summed E-state index contributed by atoms with van der Waals surface area (Å²) in [6.07, 6.45) is 3.86. The molecule has 1 aromatic rings. The van der Waals surface area contributed by atoms with Crippen LogP contribution in [0.3, 0.4) is 0 Å². The molecule has 106 valence electrons. The minimum Gasteiger partial charge on any atom is -0.394 e. The van der Waals surface area contributed by atoms with Gasteiger partial charge in [0.1, 0.15) is 5.82 Å². The van der Waals surface area contributed by atoms with E-state index < -0.39 is 0 Å². The first kappa shape index (κ1) is 12.8. The minimum absolute atomic E-state index is 0.333. The van der Waals surface area contributed by atoms with E-state index in [1.807, 2.05) is 11.6 Å². The van der Waals surface area contributed by atoms with Gasteiger partial charge in [-0.15, -0.1) is 0 Å². The highest BCUT2D eigenvalue weighted by molar-refractivity contribution is 5.65. The molecule has 2 atom stereocenters. The third-order valence-electron chi connectivity index (χ3n) is 4.55. The maximum absolute atomic E-state index is 6.20. The van der Waals surface area contributed by atoms with E-state index in [-0.39, 0.29) is 0 Å². The molecule has 2 unspecified atom stereocenters. The molecular weight excluding hydrogens is 238 g/mol. The first-order valence-corrected chi connectivity index (χ1v) is 7.43. The summed E-state index contributed by atoms with van der Waals surface area (Å²) < 4.78 is 2.03. The van der Waals surface area contributed by atoms with Crippen molar-refractivity contribution in [3.8, 4) is 0 Å². The van der Waals surface area contributed by atoms with Crippen LogP contribution >= 0.6 is 0 Å². The second-order valence-electron chi connectivity index (χ2n) is 6.17. The highest BCUT2D eigenvalue weighted by Crippen LogP contribution is 2.33. The summed E-state index contributed by atoms with van der Waals surface area (Å²) in [5.41, 5.74) is 7.94. The van der Waals surface area contributed by atoms with Crippen molar-refractivity contribution in [2.45, 2.75) is 58.2 Å². The molecule has 0 saturated carbocycles. The van der Waals surface area contributed by atoms with Crippen molar-refractivity contribution in [1.29, 1.82) is 0 Å². The monoisotopic (exact) mass is 263 g/mol. The molecule has 2 aliphatic rings. The molecule has 1 aromatic heterocycles. The van der Waals surface area contributed by atoms with Crippen LogP contribution in [0.4, 0.5) is 11.5 Å². The largest absolute Gasteiger partial charge is 0.394 e. The van der Waals surface area contributed by atoms with E-state index in [0.717, 1.165) is 17.2 Å². The predicted molar refractivity (Wildman–Crippen MR) is 78.4 cm³/mol. The molecule has 3 rings (SSSR count). The molecule has 0 aromatic carbocycles. The second-order valence-corrected chi connectivity index (χ2v) is 6.17. The lowest BCUT2D eigenvalue weighted by atomic mass is 10.1. The van der Waals surface area contributed by atoms with Gasteiger partial charge in [-0.3, -0.25) is 4.90 Å². The van der Waals surface area contributed by atoms with E-state index in [2.05, 4.69) is 29.2 Å². The molecule has 2 saturated heterocycles. The van der Waals surface area contributed by atoms with Crippen LogP contribution < -0.4 is 11.1 Å². The number of nitrogens with two attached hydrogens (primary N) is 1. The minimum atomic E-state index is 0.333. The van der Waals surface area contributed by atoms with Gasteiger partial charge < -0.3 is 11.1 Å². The molecule has 0 radical (unpaired) electrons. The maximum atomic E-state index is 6.20. The average molecular weight is 263 g/mol. The Kier molecular flexibility index (Phi) is 3.17. The summed E-state index contributed by atoms with van der Waals surface area (Å²) in [4.78, 5) is 2.61. The smallest absolute Gasteiger partial charge is 0.148 e. The Hall–Kier alpha value is -1.23. The molecule has 2 aliphatic heterocycles. The van der Waals surface area contributed by atoms with E-state index in [0.29, 0.717) is 18.1 Å². The fourth-order valence-electron chi connectivity index (χ4n) is 3.50. The Morgan fingerprint density at radius 3 is 2.84 bits per heavy atom. The van der Waals surface area contributed by atoms with E-state index in [1.54, 1.807) is 0 Å². The van der Waals surface area contributed by atoms with Crippen LogP contribution in [0.5, 0.6) is 0 Å². The predicted octanol–water partition coefficient (Wildman–Crippen LogP) is 2.00. The lowest BCUT2D eigenvalue weighted by Crippen LogP contribution is -2.34. The molecule has 3 N–H and O–H groups in total. The van der Waals surface area contributed by atoms with Crippen molar-refractivity contribution in [2.24, 2.45) is 0 Å². The molecule has 2 fully saturated rings. The number of aromatic nitrogens is 2. The number of hydrogen-bond acceptors (Lipinski definition) is 4.